The van der Waals surface area contributed by atoms with Gasteiger partial charge < -0.3 is 26.2 Å². The number of nitrogens with one attached hydrogen (secondary N) is 4. The summed E-state index contributed by atoms with van der Waals surface area (Å²) < 4.78 is 25.4. The number of Topliss-reactive ketones (excluding diaryl/α,β-unsaturated/α-hetero) is 1. The molecular formula is C38H65N5O7S. The van der Waals surface area contributed by atoms with E-state index in [2.05, 4.69) is 35.1 Å². The number of nitrogens with zero attached hydrogens (tertiary/aromatic N) is 1. The highest BCUT2D eigenvalue weighted by Crippen LogP contribution is 2.88. The molecule has 0 aromatic carbocycles. The summed E-state index contributed by atoms with van der Waals surface area (Å²) in [5, 5.41) is 11.3. The summed E-state index contributed by atoms with van der Waals surface area (Å²) in [6, 6.07) is -4.38. The first-order valence-corrected chi connectivity index (χ1v) is 20.6. The molecule has 12 nitrogen and oxygen atoms in total. The smallest absolute Gasteiger partial charge is 0.315 e. The number of carbonyl (C=O) groups is 5. The minimum atomic E-state index is -3.59. The molecule has 0 aromatic rings. The van der Waals surface area contributed by atoms with Crippen LogP contribution >= 0.6 is 0 Å². The first kappa shape index (κ1) is 41.1. The van der Waals surface area contributed by atoms with Crippen LogP contribution in [0.1, 0.15) is 134 Å². The zero-order valence-corrected chi connectivity index (χ0v) is 34.0. The van der Waals surface area contributed by atoms with E-state index >= 15 is 0 Å². The summed E-state index contributed by atoms with van der Waals surface area (Å²) in [6.07, 6.45) is 6.07. The van der Waals surface area contributed by atoms with Gasteiger partial charge in [0.2, 0.25) is 17.6 Å². The Morgan fingerprint density at radius 1 is 0.843 bits per heavy atom. The molecule has 5 amide bonds. The molecule has 2 spiro atoms. The van der Waals surface area contributed by atoms with Gasteiger partial charge in [-0.3, -0.25) is 19.2 Å². The quantitative estimate of drug-likeness (QED) is 0.217. The lowest BCUT2D eigenvalue weighted by atomic mass is 9.73. The number of hydrogen-bond acceptors (Lipinski definition) is 7. The maximum absolute atomic E-state index is 14.8. The minimum Gasteiger partial charge on any atom is -0.347 e. The number of sulfone groups is 1. The van der Waals surface area contributed by atoms with E-state index in [1.54, 1.807) is 25.7 Å². The largest absolute Gasteiger partial charge is 0.347 e. The maximum Gasteiger partial charge on any atom is 0.315 e. The van der Waals surface area contributed by atoms with Crippen LogP contribution in [0.15, 0.2) is 0 Å². The average Bonchev–Trinajstić information content (AvgIpc) is 3.78. The van der Waals surface area contributed by atoms with Gasteiger partial charge in [-0.1, -0.05) is 75.2 Å². The van der Waals surface area contributed by atoms with Crippen LogP contribution in [0.25, 0.3) is 0 Å². The molecule has 51 heavy (non-hydrogen) atoms. The Hall–Kier alpha value is -2.70. The second-order valence-electron chi connectivity index (χ2n) is 19.5. The number of fused-ring (bicyclic) bond motifs is 1. The molecule has 0 unspecified atom stereocenters. The minimum absolute atomic E-state index is 0.00130. The van der Waals surface area contributed by atoms with Gasteiger partial charge >= 0.3 is 6.03 Å². The van der Waals surface area contributed by atoms with Crippen molar-refractivity contribution in [1.82, 2.24) is 26.2 Å². The zero-order valence-electron chi connectivity index (χ0n) is 33.2. The van der Waals surface area contributed by atoms with Crippen LogP contribution in [0, 0.1) is 27.1 Å². The van der Waals surface area contributed by atoms with Gasteiger partial charge in [0.1, 0.15) is 12.1 Å². The van der Waals surface area contributed by atoms with E-state index in [-0.39, 0.29) is 34.5 Å². The van der Waals surface area contributed by atoms with Crippen LogP contribution in [0.4, 0.5) is 4.79 Å². The van der Waals surface area contributed by atoms with Crippen molar-refractivity contribution in [3.63, 3.8) is 0 Å². The van der Waals surface area contributed by atoms with Crippen LogP contribution < -0.4 is 21.3 Å². The van der Waals surface area contributed by atoms with Crippen molar-refractivity contribution in [3.05, 3.63) is 0 Å². The van der Waals surface area contributed by atoms with Gasteiger partial charge in [-0.05, 0) is 81.0 Å². The molecular weight excluding hydrogens is 671 g/mol. The number of amides is 5. The van der Waals surface area contributed by atoms with Crippen LogP contribution in [0.5, 0.6) is 0 Å². The molecule has 1 heterocycles. The van der Waals surface area contributed by atoms with Crippen molar-refractivity contribution < 1.29 is 32.4 Å². The van der Waals surface area contributed by atoms with Crippen LogP contribution in [0.2, 0.25) is 0 Å². The molecule has 4 fully saturated rings. The number of ketones is 1. The third kappa shape index (κ3) is 7.70. The summed E-state index contributed by atoms with van der Waals surface area (Å²) in [4.78, 5) is 70.3. The molecule has 290 valence electrons. The summed E-state index contributed by atoms with van der Waals surface area (Å²) >= 11 is 0. The molecule has 4 N–H and O–H groups in total. The second kappa shape index (κ2) is 13.6. The fourth-order valence-electron chi connectivity index (χ4n) is 8.65. The van der Waals surface area contributed by atoms with E-state index in [4.69, 9.17) is 0 Å². The summed E-state index contributed by atoms with van der Waals surface area (Å²) in [5.74, 6) is -2.54. The predicted octanol–water partition coefficient (Wildman–Crippen LogP) is 4.26. The van der Waals surface area contributed by atoms with E-state index in [0.717, 1.165) is 32.1 Å². The monoisotopic (exact) mass is 735 g/mol. The van der Waals surface area contributed by atoms with Crippen molar-refractivity contribution in [1.29, 1.82) is 0 Å². The molecule has 0 bridgehead atoms. The van der Waals surface area contributed by atoms with E-state index < -0.39 is 79.1 Å². The van der Waals surface area contributed by atoms with Gasteiger partial charge in [-0.2, -0.15) is 0 Å². The van der Waals surface area contributed by atoms with Crippen LogP contribution in [-0.4, -0.2) is 90.1 Å². The average molecular weight is 736 g/mol. The number of urea groups is 1. The van der Waals surface area contributed by atoms with Gasteiger partial charge in [-0.15, -0.1) is 0 Å². The predicted molar refractivity (Wildman–Crippen MR) is 197 cm³/mol. The highest BCUT2D eigenvalue weighted by Gasteiger charge is 2.85. The fraction of sp³-hybridized carbons (Fsp3) is 0.868. The number of rotatable bonds is 12. The van der Waals surface area contributed by atoms with Crippen molar-refractivity contribution in [3.8, 4) is 0 Å². The SMILES string of the molecule is CCC[C@H](NC(=O)[C@@H]1C[C@@]2(CN1C(=O)[C@@H](NC(=O)N[C@H](CS(=O)(=O)C(C)(C)C)C(C)(C)C)C(C)(C)C)C(C)(C)C21CCC1)C(=O)C(=O)NC1CC1. The van der Waals surface area contributed by atoms with Gasteiger partial charge in [0.15, 0.2) is 9.84 Å². The lowest BCUT2D eigenvalue weighted by Crippen LogP contribution is -2.61. The van der Waals surface area contributed by atoms with E-state index in [1.165, 1.54) is 0 Å². The van der Waals surface area contributed by atoms with E-state index in [0.29, 0.717) is 19.4 Å². The molecule has 0 aromatic heterocycles. The van der Waals surface area contributed by atoms with E-state index in [1.807, 2.05) is 48.5 Å². The van der Waals surface area contributed by atoms with Gasteiger partial charge in [0.05, 0.1) is 16.5 Å². The second-order valence-corrected chi connectivity index (χ2v) is 22.3. The number of likely N-dealkylation sites (tertiary alicyclic amines) is 1. The van der Waals surface area contributed by atoms with Crippen molar-refractivity contribution in [2.24, 2.45) is 27.1 Å². The Balaban J connectivity index is 1.61. The van der Waals surface area contributed by atoms with Crippen molar-refractivity contribution >= 4 is 39.4 Å². The van der Waals surface area contributed by atoms with Gasteiger partial charge in [-0.25, -0.2) is 13.2 Å². The lowest BCUT2D eigenvalue weighted by Gasteiger charge is -2.37. The highest BCUT2D eigenvalue weighted by molar-refractivity contribution is 7.92. The van der Waals surface area contributed by atoms with Crippen LogP contribution in [0.3, 0.4) is 0 Å². The fourth-order valence-corrected chi connectivity index (χ4v) is 10.2. The topological polar surface area (TPSA) is 171 Å². The Morgan fingerprint density at radius 2 is 1.43 bits per heavy atom. The van der Waals surface area contributed by atoms with Gasteiger partial charge in [0.25, 0.3) is 5.91 Å². The highest BCUT2D eigenvalue weighted by atomic mass is 32.2. The third-order valence-electron chi connectivity index (χ3n) is 12.8. The normalized spacial score (nSPS) is 25.7. The molecule has 0 radical (unpaired) electrons. The van der Waals surface area contributed by atoms with Crippen molar-refractivity contribution in [2.75, 3.05) is 12.3 Å². The Morgan fingerprint density at radius 3 is 1.86 bits per heavy atom. The zero-order chi connectivity index (χ0) is 38.8. The molecule has 1 saturated heterocycles. The number of hydrogen-bond donors (Lipinski definition) is 4. The third-order valence-corrected chi connectivity index (χ3v) is 15.4. The molecule has 3 saturated carbocycles. The Labute approximate surface area is 306 Å². The molecule has 3 aliphatic carbocycles. The molecule has 4 rings (SSSR count). The summed E-state index contributed by atoms with van der Waals surface area (Å²) in [7, 11) is -3.59. The van der Waals surface area contributed by atoms with E-state index in [9.17, 15) is 32.4 Å². The lowest BCUT2D eigenvalue weighted by molar-refractivity contribution is -0.144. The standard InChI is InChI=1S/C38H65N5O7S/c1-13-15-24(27(44)30(46)39-23-16-17-23)40-29(45)25-20-38(36(11,12)37(38)18-14-19-37)22-43(25)31(47)28(34(5,6)7)42-32(48)41-26(33(2,3)4)21-51(49,50)35(8,9)10/h23-26,28H,13-22H2,1-12H3,(H,39,46)(H,40,45)(H2,41,42,48)/t24-,25-,26+,28+,38+/m0/s1. The molecule has 5 atom stereocenters. The Bertz CT molecular complexity index is 1510. The van der Waals surface area contributed by atoms with Crippen molar-refractivity contribution in [2.45, 2.75) is 169 Å². The number of carbonyl (C=O) groups excluding carboxylic acids is 5. The first-order chi connectivity index (χ1) is 23.2. The molecule has 1 aliphatic heterocycles. The molecule has 13 heteroatoms. The summed E-state index contributed by atoms with van der Waals surface area (Å²) in [5.41, 5.74) is -1.80. The van der Waals surface area contributed by atoms with Crippen LogP contribution in [-0.2, 0) is 29.0 Å². The first-order valence-electron chi connectivity index (χ1n) is 18.9. The van der Waals surface area contributed by atoms with Gasteiger partial charge in [0, 0.05) is 24.0 Å². The Kier molecular flexibility index (Phi) is 11.0. The maximum atomic E-state index is 14.8. The summed E-state index contributed by atoms with van der Waals surface area (Å²) in [6.45, 7) is 22.6. The molecule has 4 aliphatic rings.